The summed E-state index contributed by atoms with van der Waals surface area (Å²) in [7, 11) is 3.85. The number of aromatic nitrogens is 1. The number of ether oxygens (including phenoxy) is 1. The van der Waals surface area contributed by atoms with Crippen LogP contribution in [-0.2, 0) is 11.8 Å². The highest BCUT2D eigenvalue weighted by Gasteiger charge is 2.33. The second-order valence-corrected chi connectivity index (χ2v) is 7.12. The highest BCUT2D eigenvalue weighted by atomic mass is 16.5. The Morgan fingerprint density at radius 1 is 1.12 bits per heavy atom. The Morgan fingerprint density at radius 2 is 1.83 bits per heavy atom. The lowest BCUT2D eigenvalue weighted by Crippen LogP contribution is -2.41. The van der Waals surface area contributed by atoms with Crippen molar-refractivity contribution in [3.8, 4) is 5.75 Å². The molecule has 2 aliphatic heterocycles. The molecule has 3 heterocycles. The van der Waals surface area contributed by atoms with E-state index in [0.29, 0.717) is 12.3 Å². The molecule has 6 nitrogen and oxygen atoms in total. The Labute approximate surface area is 143 Å². The first-order valence-corrected chi connectivity index (χ1v) is 8.75. The molecule has 1 amide bonds. The number of rotatable bonds is 3. The van der Waals surface area contributed by atoms with Crippen LogP contribution < -0.4 is 10.3 Å². The number of aryl methyl sites for hydroxylation is 1. The molecule has 0 bridgehead atoms. The van der Waals surface area contributed by atoms with Gasteiger partial charge in [-0.1, -0.05) is 0 Å². The van der Waals surface area contributed by atoms with Gasteiger partial charge in [-0.2, -0.15) is 0 Å². The van der Waals surface area contributed by atoms with Crippen molar-refractivity contribution >= 4 is 5.91 Å². The van der Waals surface area contributed by atoms with Crippen LogP contribution >= 0.6 is 0 Å². The van der Waals surface area contributed by atoms with Gasteiger partial charge in [-0.15, -0.1) is 0 Å². The molecule has 0 spiro atoms. The lowest BCUT2D eigenvalue weighted by molar-refractivity contribution is -0.136. The van der Waals surface area contributed by atoms with Crippen LogP contribution in [0.2, 0.25) is 0 Å². The summed E-state index contributed by atoms with van der Waals surface area (Å²) < 4.78 is 7.56. The number of carbonyl (C=O) groups excluding carboxylic acids is 1. The van der Waals surface area contributed by atoms with Gasteiger partial charge < -0.3 is 19.1 Å². The average Bonchev–Trinajstić information content (AvgIpc) is 3.01. The van der Waals surface area contributed by atoms with Crippen LogP contribution in [0.1, 0.15) is 25.0 Å². The van der Waals surface area contributed by atoms with Gasteiger partial charge in [-0.25, -0.2) is 0 Å². The molecule has 0 aromatic carbocycles. The predicted octanol–water partition coefficient (Wildman–Crippen LogP) is 1.02. The van der Waals surface area contributed by atoms with E-state index in [2.05, 4.69) is 11.9 Å². The average molecular weight is 333 g/mol. The van der Waals surface area contributed by atoms with Crippen molar-refractivity contribution < 1.29 is 9.53 Å². The van der Waals surface area contributed by atoms with Crippen molar-refractivity contribution in [3.05, 3.63) is 28.2 Å². The standard InChI is InChI=1S/C18H27N3O3/c1-13-10-16(11-17(22)20(13)3)24-15-6-9-21(12-15)18(23)14-4-7-19(2)8-5-14/h10-11,14-15H,4-9,12H2,1-3H3. The summed E-state index contributed by atoms with van der Waals surface area (Å²) in [6, 6.07) is 3.40. The molecular weight excluding hydrogens is 306 g/mol. The zero-order chi connectivity index (χ0) is 17.3. The first kappa shape index (κ1) is 17.0. The predicted molar refractivity (Wildman–Crippen MR) is 92.3 cm³/mol. The van der Waals surface area contributed by atoms with E-state index in [1.807, 2.05) is 17.9 Å². The first-order chi connectivity index (χ1) is 11.4. The molecule has 132 valence electrons. The molecular formula is C18H27N3O3. The van der Waals surface area contributed by atoms with Crippen molar-refractivity contribution in [2.45, 2.75) is 32.3 Å². The van der Waals surface area contributed by atoms with E-state index in [9.17, 15) is 9.59 Å². The minimum atomic E-state index is -0.0674. The van der Waals surface area contributed by atoms with Gasteiger partial charge in [-0.3, -0.25) is 9.59 Å². The minimum Gasteiger partial charge on any atom is -0.488 e. The van der Waals surface area contributed by atoms with Gasteiger partial charge in [0.05, 0.1) is 6.54 Å². The summed E-state index contributed by atoms with van der Waals surface area (Å²) in [5, 5.41) is 0. The molecule has 0 N–H and O–H groups in total. The Morgan fingerprint density at radius 3 is 2.50 bits per heavy atom. The number of hydrogen-bond acceptors (Lipinski definition) is 4. The lowest BCUT2D eigenvalue weighted by Gasteiger charge is -2.30. The molecule has 0 aliphatic carbocycles. The molecule has 6 heteroatoms. The van der Waals surface area contributed by atoms with Crippen LogP contribution in [0.5, 0.6) is 5.75 Å². The fourth-order valence-corrected chi connectivity index (χ4v) is 3.54. The Hall–Kier alpha value is -1.82. The van der Waals surface area contributed by atoms with E-state index in [-0.39, 0.29) is 23.5 Å². The molecule has 1 aromatic heterocycles. The number of hydrogen-bond donors (Lipinski definition) is 0. The molecule has 1 atom stereocenters. The fraction of sp³-hybridized carbons (Fsp3) is 0.667. The Kier molecular flexibility index (Phi) is 4.94. The first-order valence-electron chi connectivity index (χ1n) is 8.75. The second kappa shape index (κ2) is 6.97. The largest absolute Gasteiger partial charge is 0.488 e. The summed E-state index contributed by atoms with van der Waals surface area (Å²) in [6.07, 6.45) is 2.70. The van der Waals surface area contributed by atoms with Gasteiger partial charge in [0.25, 0.3) is 5.56 Å². The van der Waals surface area contributed by atoms with Crippen LogP contribution in [0.15, 0.2) is 16.9 Å². The number of amides is 1. The van der Waals surface area contributed by atoms with Crippen LogP contribution in [-0.4, -0.2) is 59.6 Å². The highest BCUT2D eigenvalue weighted by molar-refractivity contribution is 5.79. The van der Waals surface area contributed by atoms with E-state index in [4.69, 9.17) is 4.74 Å². The quantitative estimate of drug-likeness (QED) is 0.829. The van der Waals surface area contributed by atoms with E-state index in [1.165, 1.54) is 6.07 Å². The van der Waals surface area contributed by atoms with E-state index in [0.717, 1.165) is 44.6 Å². The Bertz CT molecular complexity index is 662. The topological polar surface area (TPSA) is 54.8 Å². The van der Waals surface area contributed by atoms with Crippen LogP contribution in [0, 0.1) is 12.8 Å². The number of pyridine rings is 1. The van der Waals surface area contributed by atoms with Crippen molar-refractivity contribution in [1.82, 2.24) is 14.4 Å². The molecule has 1 aromatic rings. The molecule has 2 fully saturated rings. The van der Waals surface area contributed by atoms with Gasteiger partial charge in [-0.05, 0) is 46.0 Å². The fourth-order valence-electron chi connectivity index (χ4n) is 3.54. The van der Waals surface area contributed by atoms with Crippen molar-refractivity contribution in [1.29, 1.82) is 0 Å². The van der Waals surface area contributed by atoms with Crippen molar-refractivity contribution in [3.63, 3.8) is 0 Å². The van der Waals surface area contributed by atoms with Gasteiger partial charge >= 0.3 is 0 Å². The van der Waals surface area contributed by atoms with E-state index < -0.39 is 0 Å². The number of carbonyl (C=O) groups is 1. The molecule has 0 radical (unpaired) electrons. The monoisotopic (exact) mass is 333 g/mol. The third-order valence-corrected chi connectivity index (χ3v) is 5.30. The summed E-state index contributed by atoms with van der Waals surface area (Å²) in [5.41, 5.74) is 0.803. The van der Waals surface area contributed by atoms with Gasteiger partial charge in [0.1, 0.15) is 11.9 Å². The van der Waals surface area contributed by atoms with Crippen LogP contribution in [0.4, 0.5) is 0 Å². The summed E-state index contributed by atoms with van der Waals surface area (Å²) in [4.78, 5) is 28.7. The van der Waals surface area contributed by atoms with Gasteiger partial charge in [0, 0.05) is 37.7 Å². The normalized spacial score (nSPS) is 22.8. The third kappa shape index (κ3) is 3.64. The van der Waals surface area contributed by atoms with Crippen molar-refractivity contribution in [2.75, 3.05) is 33.2 Å². The smallest absolute Gasteiger partial charge is 0.254 e. The van der Waals surface area contributed by atoms with E-state index >= 15 is 0 Å². The SMILES string of the molecule is Cc1cc(OC2CCN(C(=O)C3CCN(C)CC3)C2)cc(=O)n1C. The molecule has 0 saturated carbocycles. The molecule has 1 unspecified atom stereocenters. The molecule has 2 saturated heterocycles. The zero-order valence-electron chi connectivity index (χ0n) is 14.8. The molecule has 2 aliphatic rings. The van der Waals surface area contributed by atoms with Gasteiger partial charge in [0.15, 0.2) is 0 Å². The highest BCUT2D eigenvalue weighted by Crippen LogP contribution is 2.23. The second-order valence-electron chi connectivity index (χ2n) is 7.12. The molecule has 3 rings (SSSR count). The number of nitrogens with zero attached hydrogens (tertiary/aromatic N) is 3. The lowest BCUT2D eigenvalue weighted by atomic mass is 9.96. The van der Waals surface area contributed by atoms with Gasteiger partial charge in [0.2, 0.25) is 5.91 Å². The minimum absolute atomic E-state index is 0.0216. The Balaban J connectivity index is 1.57. The van der Waals surface area contributed by atoms with Crippen LogP contribution in [0.25, 0.3) is 0 Å². The summed E-state index contributed by atoms with van der Waals surface area (Å²) >= 11 is 0. The molecule has 24 heavy (non-hydrogen) atoms. The maximum absolute atomic E-state index is 12.7. The van der Waals surface area contributed by atoms with E-state index in [1.54, 1.807) is 11.6 Å². The number of piperidine rings is 1. The van der Waals surface area contributed by atoms with Crippen molar-refractivity contribution in [2.24, 2.45) is 13.0 Å². The zero-order valence-corrected chi connectivity index (χ0v) is 14.8. The third-order valence-electron chi connectivity index (χ3n) is 5.30. The maximum atomic E-state index is 12.7. The summed E-state index contributed by atoms with van der Waals surface area (Å²) in [6.45, 7) is 5.26. The summed E-state index contributed by atoms with van der Waals surface area (Å²) in [5.74, 6) is 1.04. The maximum Gasteiger partial charge on any atom is 0.254 e. The van der Waals surface area contributed by atoms with Crippen LogP contribution in [0.3, 0.4) is 0 Å². The number of likely N-dealkylation sites (tertiary alicyclic amines) is 2.